The highest BCUT2D eigenvalue weighted by atomic mass is 32.1. The second kappa shape index (κ2) is 6.48. The maximum absolute atomic E-state index is 13.8. The number of halogens is 2. The Morgan fingerprint density at radius 3 is 2.56 bits per heavy atom. The Balaban J connectivity index is 1.51. The van der Waals surface area contributed by atoms with Crippen LogP contribution in [0.2, 0.25) is 0 Å². The summed E-state index contributed by atoms with van der Waals surface area (Å²) in [7, 11) is 1.66. The fraction of sp³-hybridized carbons (Fsp3) is 0.278. The molecule has 1 aliphatic heterocycles. The third-order valence-corrected chi connectivity index (χ3v) is 5.43. The number of ether oxygens (including phenoxy) is 1. The maximum atomic E-state index is 13.8. The lowest BCUT2D eigenvalue weighted by Crippen LogP contribution is -2.46. The van der Waals surface area contributed by atoms with E-state index in [1.807, 2.05) is 18.2 Å². The lowest BCUT2D eigenvalue weighted by atomic mass is 10.2. The number of piperazine rings is 1. The molecule has 2 aromatic carbocycles. The summed E-state index contributed by atoms with van der Waals surface area (Å²) in [5, 5.41) is 0.741. The average molecular weight is 361 g/mol. The summed E-state index contributed by atoms with van der Waals surface area (Å²) in [5.41, 5.74) is 1.37. The second-order valence-corrected chi connectivity index (χ2v) is 6.92. The van der Waals surface area contributed by atoms with Crippen molar-refractivity contribution in [2.75, 3.05) is 43.1 Å². The van der Waals surface area contributed by atoms with E-state index >= 15 is 0 Å². The van der Waals surface area contributed by atoms with E-state index in [1.165, 1.54) is 17.4 Å². The van der Waals surface area contributed by atoms with Gasteiger partial charge in [0, 0.05) is 44.0 Å². The summed E-state index contributed by atoms with van der Waals surface area (Å²) in [6.07, 6.45) is 0. The molecule has 7 heteroatoms. The predicted molar refractivity (Wildman–Crippen MR) is 97.0 cm³/mol. The number of aromatic nitrogens is 1. The topological polar surface area (TPSA) is 28.6 Å². The van der Waals surface area contributed by atoms with Crippen molar-refractivity contribution in [3.05, 3.63) is 48.0 Å². The largest absolute Gasteiger partial charge is 0.497 e. The van der Waals surface area contributed by atoms with Crippen LogP contribution < -0.4 is 14.5 Å². The third kappa shape index (κ3) is 3.11. The number of thiazole rings is 1. The van der Waals surface area contributed by atoms with Crippen LogP contribution in [-0.2, 0) is 0 Å². The Labute approximate surface area is 148 Å². The lowest BCUT2D eigenvalue weighted by Gasteiger charge is -2.36. The first-order chi connectivity index (χ1) is 12.1. The molecular formula is C18H17F2N3OS. The fourth-order valence-electron chi connectivity index (χ4n) is 3.04. The molecule has 130 valence electrons. The van der Waals surface area contributed by atoms with Crippen LogP contribution in [0.15, 0.2) is 36.4 Å². The molecule has 0 unspecified atom stereocenters. The molecule has 0 N–H and O–H groups in total. The van der Waals surface area contributed by atoms with Gasteiger partial charge in [0.05, 0.1) is 11.8 Å². The Morgan fingerprint density at radius 1 is 1.04 bits per heavy atom. The molecule has 0 atom stereocenters. The Morgan fingerprint density at radius 2 is 1.80 bits per heavy atom. The van der Waals surface area contributed by atoms with Gasteiger partial charge in [-0.25, -0.2) is 13.8 Å². The van der Waals surface area contributed by atoms with E-state index in [0.29, 0.717) is 4.70 Å². The highest BCUT2D eigenvalue weighted by Crippen LogP contribution is 2.32. The number of anilines is 2. The zero-order chi connectivity index (χ0) is 17.4. The molecule has 2 heterocycles. The number of methoxy groups -OCH3 is 1. The SMILES string of the molecule is COc1cccc(N2CCN(c3nc4c(F)cc(F)cc4s3)CC2)c1. The van der Waals surface area contributed by atoms with Gasteiger partial charge < -0.3 is 14.5 Å². The van der Waals surface area contributed by atoms with Crippen molar-refractivity contribution in [3.8, 4) is 5.75 Å². The third-order valence-electron chi connectivity index (χ3n) is 4.37. The molecule has 0 saturated carbocycles. The molecule has 0 bridgehead atoms. The van der Waals surface area contributed by atoms with E-state index < -0.39 is 11.6 Å². The van der Waals surface area contributed by atoms with E-state index in [4.69, 9.17) is 4.74 Å². The van der Waals surface area contributed by atoms with Gasteiger partial charge in [-0.15, -0.1) is 0 Å². The van der Waals surface area contributed by atoms with Crippen molar-refractivity contribution in [3.63, 3.8) is 0 Å². The van der Waals surface area contributed by atoms with E-state index in [2.05, 4.69) is 20.9 Å². The first-order valence-corrected chi connectivity index (χ1v) is 8.85. The maximum Gasteiger partial charge on any atom is 0.186 e. The van der Waals surface area contributed by atoms with Gasteiger partial charge >= 0.3 is 0 Å². The number of fused-ring (bicyclic) bond motifs is 1. The molecule has 4 nitrogen and oxygen atoms in total. The molecule has 1 fully saturated rings. The number of nitrogens with zero attached hydrogens (tertiary/aromatic N) is 3. The van der Waals surface area contributed by atoms with Crippen molar-refractivity contribution < 1.29 is 13.5 Å². The summed E-state index contributed by atoms with van der Waals surface area (Å²) in [6.45, 7) is 3.22. The summed E-state index contributed by atoms with van der Waals surface area (Å²) in [6, 6.07) is 10.2. The monoisotopic (exact) mass is 361 g/mol. The average Bonchev–Trinajstić information content (AvgIpc) is 3.06. The minimum absolute atomic E-state index is 0.247. The second-order valence-electron chi connectivity index (χ2n) is 5.91. The first-order valence-electron chi connectivity index (χ1n) is 8.03. The number of benzene rings is 2. The molecule has 0 aliphatic carbocycles. The van der Waals surface area contributed by atoms with Crippen molar-refractivity contribution in [1.82, 2.24) is 4.98 Å². The van der Waals surface area contributed by atoms with Crippen molar-refractivity contribution in [2.45, 2.75) is 0 Å². The number of hydrogen-bond acceptors (Lipinski definition) is 5. The van der Waals surface area contributed by atoms with Gasteiger partial charge in [-0.05, 0) is 18.2 Å². The zero-order valence-corrected chi connectivity index (χ0v) is 14.5. The van der Waals surface area contributed by atoms with Gasteiger partial charge in [-0.2, -0.15) is 0 Å². The minimum atomic E-state index is -0.604. The van der Waals surface area contributed by atoms with Crippen LogP contribution in [0.3, 0.4) is 0 Å². The Bertz CT molecular complexity index is 906. The van der Waals surface area contributed by atoms with Crippen LogP contribution in [0.4, 0.5) is 19.6 Å². The van der Waals surface area contributed by atoms with Gasteiger partial charge in [0.1, 0.15) is 17.1 Å². The highest BCUT2D eigenvalue weighted by molar-refractivity contribution is 7.22. The zero-order valence-electron chi connectivity index (χ0n) is 13.7. The Hall–Kier alpha value is -2.41. The molecule has 1 saturated heterocycles. The number of rotatable bonds is 3. The summed E-state index contributed by atoms with van der Waals surface area (Å²) in [4.78, 5) is 8.77. The predicted octanol–water partition coefficient (Wildman–Crippen LogP) is 3.91. The quantitative estimate of drug-likeness (QED) is 0.707. The van der Waals surface area contributed by atoms with Crippen LogP contribution in [-0.4, -0.2) is 38.3 Å². The fourth-order valence-corrected chi connectivity index (χ4v) is 4.10. The van der Waals surface area contributed by atoms with Crippen LogP contribution in [0.25, 0.3) is 10.2 Å². The smallest absolute Gasteiger partial charge is 0.186 e. The van der Waals surface area contributed by atoms with Gasteiger partial charge in [-0.1, -0.05) is 17.4 Å². The molecule has 25 heavy (non-hydrogen) atoms. The van der Waals surface area contributed by atoms with E-state index in [-0.39, 0.29) is 5.52 Å². The van der Waals surface area contributed by atoms with Gasteiger partial charge in [0.25, 0.3) is 0 Å². The molecule has 1 aliphatic rings. The van der Waals surface area contributed by atoms with Crippen LogP contribution in [0.5, 0.6) is 5.75 Å². The van der Waals surface area contributed by atoms with Gasteiger partial charge in [0.2, 0.25) is 0 Å². The van der Waals surface area contributed by atoms with Gasteiger partial charge in [-0.3, -0.25) is 0 Å². The van der Waals surface area contributed by atoms with Crippen LogP contribution in [0, 0.1) is 11.6 Å². The minimum Gasteiger partial charge on any atom is -0.497 e. The lowest BCUT2D eigenvalue weighted by molar-refractivity contribution is 0.414. The van der Waals surface area contributed by atoms with Crippen molar-refractivity contribution in [1.29, 1.82) is 0 Å². The number of hydrogen-bond donors (Lipinski definition) is 0. The molecule has 4 rings (SSSR count). The summed E-state index contributed by atoms with van der Waals surface area (Å²) in [5.74, 6) is -0.334. The highest BCUT2D eigenvalue weighted by Gasteiger charge is 2.21. The summed E-state index contributed by atoms with van der Waals surface area (Å²) < 4.78 is 33.0. The van der Waals surface area contributed by atoms with Crippen molar-refractivity contribution >= 4 is 32.4 Å². The first kappa shape index (κ1) is 16.1. The standard InChI is InChI=1S/C18H17F2N3OS/c1-24-14-4-2-3-13(11-14)22-5-7-23(8-6-22)18-21-17-15(20)9-12(19)10-16(17)25-18/h2-4,9-11H,5-8H2,1H3. The molecule has 0 radical (unpaired) electrons. The van der Waals surface area contributed by atoms with Gasteiger partial charge in [0.15, 0.2) is 10.9 Å². The molecule has 0 amide bonds. The molecule has 0 spiro atoms. The van der Waals surface area contributed by atoms with Crippen LogP contribution in [0.1, 0.15) is 0 Å². The van der Waals surface area contributed by atoms with E-state index in [9.17, 15) is 8.78 Å². The molecule has 3 aromatic rings. The Kier molecular flexibility index (Phi) is 4.17. The summed E-state index contributed by atoms with van der Waals surface area (Å²) >= 11 is 1.33. The van der Waals surface area contributed by atoms with Crippen LogP contribution >= 0.6 is 11.3 Å². The van der Waals surface area contributed by atoms with E-state index in [1.54, 1.807) is 7.11 Å². The molecular weight excluding hydrogens is 344 g/mol. The van der Waals surface area contributed by atoms with Crippen molar-refractivity contribution in [2.24, 2.45) is 0 Å². The molecule has 1 aromatic heterocycles. The normalized spacial score (nSPS) is 15.0. The van der Waals surface area contributed by atoms with E-state index in [0.717, 1.165) is 48.8 Å².